The molecular weight excluding hydrogens is 458 g/mol. The molecular formula is C24H25N3O4S2. The van der Waals surface area contributed by atoms with Gasteiger partial charge in [-0.2, -0.15) is 0 Å². The number of benzene rings is 2. The molecule has 3 N–H and O–H groups in total. The number of nitrogens with one attached hydrogen (secondary N) is 1. The molecule has 9 heteroatoms. The van der Waals surface area contributed by atoms with Gasteiger partial charge >= 0.3 is 0 Å². The van der Waals surface area contributed by atoms with Crippen molar-refractivity contribution in [3.63, 3.8) is 0 Å². The molecule has 0 spiro atoms. The van der Waals surface area contributed by atoms with Crippen molar-refractivity contribution >= 4 is 35.4 Å². The molecule has 0 saturated heterocycles. The Labute approximate surface area is 200 Å². The standard InChI is InChI=1S/C24H25N3O4S2/c1-3-4-11-27-23(30)21(22(29)26-24(27)32)16-13-20(14-9-10-18(31-2)17(28)12-14)33-19-8-6-5-7-15(19)25-16/h5-10,12,20,28,30H,3-4,11,13H2,1-2H3,(H,26,29,32). The van der Waals surface area contributed by atoms with Crippen molar-refractivity contribution < 1.29 is 14.9 Å². The number of H-pyrrole nitrogens is 1. The second kappa shape index (κ2) is 9.84. The summed E-state index contributed by atoms with van der Waals surface area (Å²) in [6, 6.07) is 12.9. The Kier molecular flexibility index (Phi) is 6.90. The molecule has 1 aliphatic heterocycles. The number of ether oxygens (including phenoxy) is 1. The Morgan fingerprint density at radius 3 is 2.79 bits per heavy atom. The minimum Gasteiger partial charge on any atom is -0.504 e. The first-order valence-corrected chi connectivity index (χ1v) is 12.0. The third-order valence-corrected chi connectivity index (χ3v) is 7.18. The summed E-state index contributed by atoms with van der Waals surface area (Å²) in [7, 11) is 1.50. The van der Waals surface area contributed by atoms with Gasteiger partial charge in [-0.05, 0) is 48.5 Å². The van der Waals surface area contributed by atoms with Crippen LogP contribution in [-0.2, 0) is 6.54 Å². The maximum Gasteiger partial charge on any atom is 0.264 e. The van der Waals surface area contributed by atoms with Gasteiger partial charge in [-0.3, -0.25) is 19.3 Å². The smallest absolute Gasteiger partial charge is 0.264 e. The highest BCUT2D eigenvalue weighted by Crippen LogP contribution is 2.47. The number of hydrogen-bond donors (Lipinski definition) is 3. The van der Waals surface area contributed by atoms with Crippen molar-refractivity contribution in [2.45, 2.75) is 42.9 Å². The van der Waals surface area contributed by atoms with Gasteiger partial charge in [-0.1, -0.05) is 31.5 Å². The van der Waals surface area contributed by atoms with Crippen LogP contribution >= 0.6 is 24.0 Å². The molecule has 0 bridgehead atoms. The number of unbranched alkanes of at least 4 members (excludes halogenated alkanes) is 1. The number of phenols is 1. The van der Waals surface area contributed by atoms with Crippen LogP contribution in [0.5, 0.6) is 17.4 Å². The van der Waals surface area contributed by atoms with E-state index in [4.69, 9.17) is 21.9 Å². The average molecular weight is 484 g/mol. The molecule has 172 valence electrons. The molecule has 0 fully saturated rings. The number of fused-ring (bicyclic) bond motifs is 1. The number of rotatable bonds is 6. The van der Waals surface area contributed by atoms with E-state index >= 15 is 0 Å². The summed E-state index contributed by atoms with van der Waals surface area (Å²) in [5, 5.41) is 21.2. The quantitative estimate of drug-likeness (QED) is 0.401. The Morgan fingerprint density at radius 1 is 1.27 bits per heavy atom. The van der Waals surface area contributed by atoms with Crippen molar-refractivity contribution in [3.05, 3.63) is 68.7 Å². The van der Waals surface area contributed by atoms with Crippen molar-refractivity contribution in [2.75, 3.05) is 7.11 Å². The lowest BCUT2D eigenvalue weighted by Crippen LogP contribution is -2.24. The first-order chi connectivity index (χ1) is 15.9. The lowest BCUT2D eigenvalue weighted by atomic mass is 10.0. The summed E-state index contributed by atoms with van der Waals surface area (Å²) >= 11 is 6.89. The molecule has 1 unspecified atom stereocenters. The van der Waals surface area contributed by atoms with Crippen molar-refractivity contribution in [1.29, 1.82) is 0 Å². The molecule has 3 aromatic rings. The number of phenolic OH excluding ortho intramolecular Hbond substituents is 1. The van der Waals surface area contributed by atoms with E-state index in [1.807, 2.05) is 37.3 Å². The third kappa shape index (κ3) is 4.69. The molecule has 1 aliphatic rings. The largest absolute Gasteiger partial charge is 0.504 e. The summed E-state index contributed by atoms with van der Waals surface area (Å²) in [4.78, 5) is 21.4. The van der Waals surface area contributed by atoms with Gasteiger partial charge in [0.1, 0.15) is 5.56 Å². The summed E-state index contributed by atoms with van der Waals surface area (Å²) in [6.07, 6.45) is 2.10. The van der Waals surface area contributed by atoms with Gasteiger partial charge in [-0.25, -0.2) is 0 Å². The number of hydrogen-bond acceptors (Lipinski definition) is 7. The zero-order valence-electron chi connectivity index (χ0n) is 18.4. The first kappa shape index (κ1) is 23.1. The van der Waals surface area contributed by atoms with Gasteiger partial charge in [0, 0.05) is 23.1 Å². The molecule has 0 saturated carbocycles. The fourth-order valence-electron chi connectivity index (χ4n) is 3.81. The van der Waals surface area contributed by atoms with Crippen molar-refractivity contribution in [1.82, 2.24) is 9.55 Å². The first-order valence-electron chi connectivity index (χ1n) is 10.7. The fraction of sp³-hybridized carbons (Fsp3) is 0.292. The molecule has 0 aliphatic carbocycles. The van der Waals surface area contributed by atoms with Crippen LogP contribution in [0.4, 0.5) is 5.69 Å². The lowest BCUT2D eigenvalue weighted by molar-refractivity contribution is 0.373. The minimum absolute atomic E-state index is 0.0418. The summed E-state index contributed by atoms with van der Waals surface area (Å²) in [5.74, 6) is 0.260. The number of aromatic nitrogens is 2. The van der Waals surface area contributed by atoms with E-state index in [1.54, 1.807) is 28.5 Å². The minimum atomic E-state index is -0.468. The molecule has 0 radical (unpaired) electrons. The van der Waals surface area contributed by atoms with E-state index in [-0.39, 0.29) is 27.2 Å². The van der Waals surface area contributed by atoms with E-state index in [9.17, 15) is 15.0 Å². The number of aromatic hydroxyl groups is 2. The van der Waals surface area contributed by atoms with Crippen LogP contribution < -0.4 is 10.3 Å². The van der Waals surface area contributed by atoms with Crippen LogP contribution in [0.25, 0.3) is 0 Å². The number of nitrogens with zero attached hydrogens (tertiary/aromatic N) is 2. The predicted octanol–water partition coefficient (Wildman–Crippen LogP) is 5.48. The second-order valence-corrected chi connectivity index (χ2v) is 9.36. The van der Waals surface area contributed by atoms with Crippen LogP contribution in [0.1, 0.15) is 42.6 Å². The predicted molar refractivity (Wildman–Crippen MR) is 133 cm³/mol. The Bertz CT molecular complexity index is 1330. The fourth-order valence-corrected chi connectivity index (χ4v) is 5.30. The zero-order chi connectivity index (χ0) is 23.5. The lowest BCUT2D eigenvalue weighted by Gasteiger charge is -2.18. The zero-order valence-corrected chi connectivity index (χ0v) is 20.0. The van der Waals surface area contributed by atoms with Crippen molar-refractivity contribution in [3.8, 4) is 17.4 Å². The molecule has 4 rings (SSSR count). The summed E-state index contributed by atoms with van der Waals surface area (Å²) < 4.78 is 6.92. The van der Waals surface area contributed by atoms with E-state index in [0.29, 0.717) is 24.4 Å². The van der Waals surface area contributed by atoms with E-state index < -0.39 is 5.56 Å². The monoisotopic (exact) mass is 483 g/mol. The SMILES string of the molecule is CCCCn1c(O)c(C2=Nc3ccccc3SC(c3ccc(OC)c(O)c3)C2)c(=O)[nH]c1=S. The van der Waals surface area contributed by atoms with Crippen LogP contribution in [0.2, 0.25) is 0 Å². The van der Waals surface area contributed by atoms with E-state index in [1.165, 1.54) is 7.11 Å². The van der Waals surface area contributed by atoms with E-state index in [0.717, 1.165) is 29.0 Å². The summed E-state index contributed by atoms with van der Waals surface area (Å²) in [5.41, 5.74) is 1.70. The second-order valence-electron chi connectivity index (χ2n) is 7.73. The highest BCUT2D eigenvalue weighted by molar-refractivity contribution is 7.99. The highest BCUT2D eigenvalue weighted by atomic mass is 32.2. The van der Waals surface area contributed by atoms with Gasteiger partial charge in [0.25, 0.3) is 5.56 Å². The van der Waals surface area contributed by atoms with Gasteiger partial charge in [0.2, 0.25) is 5.88 Å². The van der Waals surface area contributed by atoms with Crippen LogP contribution in [-0.4, -0.2) is 32.6 Å². The van der Waals surface area contributed by atoms with Gasteiger partial charge in [0.05, 0.1) is 18.5 Å². The molecule has 7 nitrogen and oxygen atoms in total. The maximum atomic E-state index is 13.0. The normalized spacial score (nSPS) is 15.5. The molecule has 1 aromatic heterocycles. The highest BCUT2D eigenvalue weighted by Gasteiger charge is 2.27. The number of methoxy groups -OCH3 is 1. The molecule has 33 heavy (non-hydrogen) atoms. The molecule has 0 amide bonds. The van der Waals surface area contributed by atoms with Crippen molar-refractivity contribution in [2.24, 2.45) is 4.99 Å². The van der Waals surface area contributed by atoms with Crippen LogP contribution in [0, 0.1) is 4.77 Å². The maximum absolute atomic E-state index is 13.0. The van der Waals surface area contributed by atoms with Crippen LogP contribution in [0.3, 0.4) is 0 Å². The molecule has 1 atom stereocenters. The van der Waals surface area contributed by atoms with Gasteiger partial charge < -0.3 is 14.9 Å². The molecule has 2 heterocycles. The Hall–Kier alpha value is -3.04. The summed E-state index contributed by atoms with van der Waals surface area (Å²) in [6.45, 7) is 2.55. The number of thioether (sulfide) groups is 1. The van der Waals surface area contributed by atoms with Gasteiger partial charge in [-0.15, -0.1) is 11.8 Å². The van der Waals surface area contributed by atoms with E-state index in [2.05, 4.69) is 4.98 Å². The number of aliphatic imine (C=N–C) groups is 1. The Balaban J connectivity index is 1.86. The average Bonchev–Trinajstić information content (AvgIpc) is 2.98. The topological polar surface area (TPSA) is 99.8 Å². The number of para-hydroxylation sites is 1. The van der Waals surface area contributed by atoms with Gasteiger partial charge in [0.15, 0.2) is 16.3 Å². The van der Waals surface area contributed by atoms with Crippen LogP contribution in [0.15, 0.2) is 57.1 Å². The Morgan fingerprint density at radius 2 is 2.06 bits per heavy atom. The third-order valence-electron chi connectivity index (χ3n) is 5.54. The number of aromatic amines is 1. The molecule has 2 aromatic carbocycles.